The van der Waals surface area contributed by atoms with Crippen molar-refractivity contribution in [2.45, 2.75) is 26.8 Å². The Bertz CT molecular complexity index is 536. The number of hydrogen-bond acceptors (Lipinski definition) is 2. The van der Waals surface area contributed by atoms with Gasteiger partial charge < -0.3 is 11.1 Å². The lowest BCUT2D eigenvalue weighted by Gasteiger charge is -2.08. The molecule has 2 aromatic rings. The highest BCUT2D eigenvalue weighted by atomic mass is 35.5. The van der Waals surface area contributed by atoms with Crippen molar-refractivity contribution < 1.29 is 0 Å². The van der Waals surface area contributed by atoms with Crippen LogP contribution in [-0.2, 0) is 13.0 Å². The Morgan fingerprint density at radius 2 is 1.30 bits per heavy atom. The summed E-state index contributed by atoms with van der Waals surface area (Å²) in [6, 6.07) is 17.5. The molecule has 0 heterocycles. The average Bonchev–Trinajstić information content (AvgIpc) is 2.49. The summed E-state index contributed by atoms with van der Waals surface area (Å²) in [5, 5.41) is 3.47. The van der Waals surface area contributed by atoms with E-state index in [9.17, 15) is 0 Å². The summed E-state index contributed by atoms with van der Waals surface area (Å²) in [6.07, 6.45) is 0.945. The van der Waals surface area contributed by atoms with Crippen LogP contribution in [0.4, 0.5) is 0 Å². The second-order valence-corrected chi connectivity index (χ2v) is 5.96. The molecule has 0 unspecified atom stereocenters. The average molecular weight is 355 g/mol. The van der Waals surface area contributed by atoms with Crippen LogP contribution in [0.5, 0.6) is 0 Å². The molecule has 128 valence electrons. The molecule has 0 saturated carbocycles. The van der Waals surface area contributed by atoms with Crippen molar-refractivity contribution in [3.05, 3.63) is 59.7 Å². The van der Waals surface area contributed by atoms with E-state index in [0.29, 0.717) is 12.5 Å². The molecule has 0 aliphatic rings. The zero-order chi connectivity index (χ0) is 15.1. The summed E-state index contributed by atoms with van der Waals surface area (Å²) in [5.74, 6) is 0.691. The van der Waals surface area contributed by atoms with Crippen molar-refractivity contribution in [3.63, 3.8) is 0 Å². The predicted molar refractivity (Wildman–Crippen MR) is 106 cm³/mol. The number of rotatable bonds is 7. The molecule has 0 saturated heterocycles. The quantitative estimate of drug-likeness (QED) is 0.770. The lowest BCUT2D eigenvalue weighted by molar-refractivity contribution is 0.552. The molecule has 0 aromatic heterocycles. The standard InChI is InChI=1S/C19H26N2.2ClH/c1-15(2)13-21-14-17-5-9-19(10-6-17)18-7-3-16(4-8-18)11-12-20;;/h3-10,15,21H,11-14,20H2,1-2H3;2*1H. The maximum atomic E-state index is 5.58. The molecule has 0 amide bonds. The fourth-order valence-electron chi connectivity index (χ4n) is 2.35. The minimum atomic E-state index is 0. The van der Waals surface area contributed by atoms with Gasteiger partial charge in [0.25, 0.3) is 0 Å². The van der Waals surface area contributed by atoms with Crippen molar-refractivity contribution >= 4 is 24.8 Å². The van der Waals surface area contributed by atoms with E-state index in [2.05, 4.69) is 67.7 Å². The lowest BCUT2D eigenvalue weighted by atomic mass is 10.0. The molecule has 4 heteroatoms. The van der Waals surface area contributed by atoms with Crippen LogP contribution in [0.1, 0.15) is 25.0 Å². The van der Waals surface area contributed by atoms with Gasteiger partial charge in [-0.3, -0.25) is 0 Å². The first kappa shape index (κ1) is 21.9. The fourth-order valence-corrected chi connectivity index (χ4v) is 2.35. The normalized spacial score (nSPS) is 10.1. The van der Waals surface area contributed by atoms with Crippen molar-refractivity contribution in [2.75, 3.05) is 13.1 Å². The van der Waals surface area contributed by atoms with Gasteiger partial charge in [-0.05, 0) is 47.7 Å². The van der Waals surface area contributed by atoms with Crippen molar-refractivity contribution in [1.29, 1.82) is 0 Å². The van der Waals surface area contributed by atoms with Gasteiger partial charge in [-0.2, -0.15) is 0 Å². The highest BCUT2D eigenvalue weighted by molar-refractivity contribution is 5.85. The van der Waals surface area contributed by atoms with Crippen LogP contribution < -0.4 is 11.1 Å². The minimum Gasteiger partial charge on any atom is -0.330 e. The van der Waals surface area contributed by atoms with Gasteiger partial charge in [0, 0.05) is 6.54 Å². The molecular weight excluding hydrogens is 327 g/mol. The zero-order valence-electron chi connectivity index (χ0n) is 13.9. The van der Waals surface area contributed by atoms with Gasteiger partial charge in [-0.1, -0.05) is 62.4 Å². The van der Waals surface area contributed by atoms with Crippen LogP contribution in [0.15, 0.2) is 48.5 Å². The molecule has 0 aliphatic carbocycles. The van der Waals surface area contributed by atoms with Gasteiger partial charge in [0.15, 0.2) is 0 Å². The predicted octanol–water partition coefficient (Wildman–Crippen LogP) is 4.44. The Morgan fingerprint density at radius 1 is 0.826 bits per heavy atom. The summed E-state index contributed by atoms with van der Waals surface area (Å²) < 4.78 is 0. The van der Waals surface area contributed by atoms with E-state index in [0.717, 1.165) is 19.5 Å². The zero-order valence-corrected chi connectivity index (χ0v) is 15.6. The summed E-state index contributed by atoms with van der Waals surface area (Å²) in [7, 11) is 0. The molecule has 0 atom stereocenters. The Hall–Kier alpha value is -1.06. The number of benzene rings is 2. The van der Waals surface area contributed by atoms with E-state index in [1.54, 1.807) is 0 Å². The van der Waals surface area contributed by atoms with E-state index in [4.69, 9.17) is 5.73 Å². The van der Waals surface area contributed by atoms with Gasteiger partial charge in [0.1, 0.15) is 0 Å². The molecule has 0 fully saturated rings. The van der Waals surface area contributed by atoms with Crippen LogP contribution in [0.3, 0.4) is 0 Å². The largest absolute Gasteiger partial charge is 0.330 e. The van der Waals surface area contributed by atoms with Gasteiger partial charge >= 0.3 is 0 Å². The Morgan fingerprint density at radius 3 is 1.74 bits per heavy atom. The van der Waals surface area contributed by atoms with E-state index in [1.807, 2.05) is 0 Å². The van der Waals surface area contributed by atoms with E-state index >= 15 is 0 Å². The number of halogens is 2. The summed E-state index contributed by atoms with van der Waals surface area (Å²) >= 11 is 0. The summed E-state index contributed by atoms with van der Waals surface area (Å²) in [6.45, 7) is 7.16. The Balaban J connectivity index is 0.00000242. The van der Waals surface area contributed by atoms with Crippen LogP contribution >= 0.6 is 24.8 Å². The molecule has 0 bridgehead atoms. The van der Waals surface area contributed by atoms with E-state index < -0.39 is 0 Å². The van der Waals surface area contributed by atoms with Gasteiger partial charge in [0.05, 0.1) is 0 Å². The molecule has 0 aliphatic heterocycles. The number of nitrogens with two attached hydrogens (primary N) is 1. The number of hydrogen-bond donors (Lipinski definition) is 2. The third-order valence-corrected chi connectivity index (χ3v) is 3.56. The third-order valence-electron chi connectivity index (χ3n) is 3.56. The molecular formula is C19H28Cl2N2. The third kappa shape index (κ3) is 7.36. The van der Waals surface area contributed by atoms with Gasteiger partial charge in [0.2, 0.25) is 0 Å². The molecule has 3 N–H and O–H groups in total. The Kier molecular flexibility index (Phi) is 10.9. The topological polar surface area (TPSA) is 38.0 Å². The summed E-state index contributed by atoms with van der Waals surface area (Å²) in [5.41, 5.74) is 10.7. The molecule has 2 aromatic carbocycles. The van der Waals surface area contributed by atoms with Crippen LogP contribution in [0.2, 0.25) is 0 Å². The first-order valence-electron chi connectivity index (χ1n) is 7.78. The van der Waals surface area contributed by atoms with Crippen molar-refractivity contribution in [1.82, 2.24) is 5.32 Å². The van der Waals surface area contributed by atoms with Crippen molar-refractivity contribution in [3.8, 4) is 11.1 Å². The van der Waals surface area contributed by atoms with Gasteiger partial charge in [-0.15, -0.1) is 24.8 Å². The summed E-state index contributed by atoms with van der Waals surface area (Å²) in [4.78, 5) is 0. The minimum absolute atomic E-state index is 0. The second-order valence-electron chi connectivity index (χ2n) is 5.96. The maximum Gasteiger partial charge on any atom is 0.0205 e. The molecule has 2 nitrogen and oxygen atoms in total. The SMILES string of the molecule is CC(C)CNCc1ccc(-c2ccc(CCN)cc2)cc1.Cl.Cl. The van der Waals surface area contributed by atoms with E-state index in [1.165, 1.54) is 22.3 Å². The molecule has 0 spiro atoms. The van der Waals surface area contributed by atoms with Crippen LogP contribution in [0, 0.1) is 5.92 Å². The van der Waals surface area contributed by atoms with Crippen LogP contribution in [0.25, 0.3) is 11.1 Å². The maximum absolute atomic E-state index is 5.58. The monoisotopic (exact) mass is 354 g/mol. The first-order chi connectivity index (χ1) is 10.2. The highest BCUT2D eigenvalue weighted by Gasteiger charge is 2.00. The van der Waals surface area contributed by atoms with Gasteiger partial charge in [-0.25, -0.2) is 0 Å². The van der Waals surface area contributed by atoms with E-state index in [-0.39, 0.29) is 24.8 Å². The number of nitrogens with one attached hydrogen (secondary N) is 1. The van der Waals surface area contributed by atoms with Crippen molar-refractivity contribution in [2.24, 2.45) is 11.7 Å². The Labute approximate surface area is 152 Å². The molecule has 23 heavy (non-hydrogen) atoms. The molecule has 2 rings (SSSR count). The van der Waals surface area contributed by atoms with Crippen LogP contribution in [-0.4, -0.2) is 13.1 Å². The highest BCUT2D eigenvalue weighted by Crippen LogP contribution is 2.20. The first-order valence-corrected chi connectivity index (χ1v) is 7.78. The molecule has 0 radical (unpaired) electrons. The smallest absolute Gasteiger partial charge is 0.0205 e. The lowest BCUT2D eigenvalue weighted by Crippen LogP contribution is -2.18. The second kappa shape index (κ2) is 11.5. The fraction of sp³-hybridized carbons (Fsp3) is 0.368.